The summed E-state index contributed by atoms with van der Waals surface area (Å²) in [6, 6.07) is 3.70. The number of nitrogen functional groups attached to an aromatic ring is 1. The van der Waals surface area contributed by atoms with E-state index in [9.17, 15) is 0 Å². The van der Waals surface area contributed by atoms with Gasteiger partial charge in [0.15, 0.2) is 0 Å². The third kappa shape index (κ3) is 1.72. The van der Waals surface area contributed by atoms with E-state index in [1.54, 1.807) is 19.4 Å². The molecule has 2 aromatic rings. The van der Waals surface area contributed by atoms with Crippen LogP contribution in [0.1, 0.15) is 5.56 Å². The maximum atomic E-state index is 6.09. The zero-order chi connectivity index (χ0) is 11.7. The lowest BCUT2D eigenvalue weighted by Gasteiger charge is -2.09. The second-order valence-corrected chi connectivity index (χ2v) is 3.82. The van der Waals surface area contributed by atoms with E-state index in [0.717, 1.165) is 16.7 Å². The summed E-state index contributed by atoms with van der Waals surface area (Å²) < 4.78 is 9.98. The van der Waals surface area contributed by atoms with Crippen molar-refractivity contribution in [2.75, 3.05) is 12.8 Å². The number of nitrogens with two attached hydrogens (primary N) is 1. The van der Waals surface area contributed by atoms with Crippen molar-refractivity contribution in [2.45, 2.75) is 6.92 Å². The molecule has 0 unspecified atom stereocenters. The van der Waals surface area contributed by atoms with Crippen LogP contribution in [0.4, 0.5) is 5.88 Å². The van der Waals surface area contributed by atoms with Crippen molar-refractivity contribution in [2.24, 2.45) is 0 Å². The van der Waals surface area contributed by atoms with Crippen LogP contribution in [0.3, 0.4) is 0 Å². The van der Waals surface area contributed by atoms with Crippen molar-refractivity contribution in [3.8, 4) is 16.9 Å². The van der Waals surface area contributed by atoms with Crippen molar-refractivity contribution >= 4 is 17.5 Å². The third-order valence-corrected chi connectivity index (χ3v) is 2.62. The Bertz CT molecular complexity index is 499. The summed E-state index contributed by atoms with van der Waals surface area (Å²) in [5.41, 5.74) is 8.17. The van der Waals surface area contributed by atoms with Crippen molar-refractivity contribution in [1.29, 1.82) is 0 Å². The van der Waals surface area contributed by atoms with E-state index in [-0.39, 0.29) is 5.88 Å². The van der Waals surface area contributed by atoms with E-state index >= 15 is 0 Å². The maximum Gasteiger partial charge on any atom is 0.229 e. The van der Waals surface area contributed by atoms with Gasteiger partial charge in [-0.15, -0.1) is 0 Å². The number of aromatic nitrogens is 1. The summed E-state index contributed by atoms with van der Waals surface area (Å²) in [6.07, 6.45) is 1.56. The Morgan fingerprint density at radius 1 is 1.44 bits per heavy atom. The number of anilines is 1. The smallest absolute Gasteiger partial charge is 0.229 e. The fourth-order valence-corrected chi connectivity index (χ4v) is 1.95. The SMILES string of the molecule is COc1c(C)cc(-c2cnoc2N)cc1Cl. The van der Waals surface area contributed by atoms with Crippen LogP contribution in [0.25, 0.3) is 11.1 Å². The van der Waals surface area contributed by atoms with Gasteiger partial charge in [0.1, 0.15) is 5.75 Å². The first-order chi connectivity index (χ1) is 7.63. The number of hydrogen-bond donors (Lipinski definition) is 1. The molecule has 2 rings (SSSR count). The largest absolute Gasteiger partial charge is 0.495 e. The number of benzene rings is 1. The fraction of sp³-hybridized carbons (Fsp3) is 0.182. The second-order valence-electron chi connectivity index (χ2n) is 3.41. The summed E-state index contributed by atoms with van der Waals surface area (Å²) in [7, 11) is 1.58. The average Bonchev–Trinajstić information content (AvgIpc) is 2.64. The molecule has 16 heavy (non-hydrogen) atoms. The van der Waals surface area contributed by atoms with E-state index in [2.05, 4.69) is 5.16 Å². The van der Waals surface area contributed by atoms with Crippen molar-refractivity contribution < 1.29 is 9.26 Å². The molecule has 0 bridgehead atoms. The molecule has 0 fully saturated rings. The number of aryl methyl sites for hydroxylation is 1. The molecular weight excluding hydrogens is 228 g/mol. The van der Waals surface area contributed by atoms with E-state index in [1.165, 1.54) is 0 Å². The van der Waals surface area contributed by atoms with Gasteiger partial charge in [-0.3, -0.25) is 0 Å². The molecule has 0 saturated carbocycles. The van der Waals surface area contributed by atoms with Gasteiger partial charge in [-0.25, -0.2) is 0 Å². The second kappa shape index (κ2) is 4.06. The molecule has 0 saturated heterocycles. The number of rotatable bonds is 2. The van der Waals surface area contributed by atoms with Crippen LogP contribution in [-0.4, -0.2) is 12.3 Å². The zero-order valence-electron chi connectivity index (χ0n) is 8.95. The lowest BCUT2D eigenvalue weighted by molar-refractivity contribution is 0.412. The van der Waals surface area contributed by atoms with Gasteiger partial charge in [-0.2, -0.15) is 0 Å². The molecule has 5 heteroatoms. The van der Waals surface area contributed by atoms with Crippen LogP contribution in [0.15, 0.2) is 22.9 Å². The first-order valence-corrected chi connectivity index (χ1v) is 5.06. The van der Waals surface area contributed by atoms with Gasteiger partial charge in [-0.05, 0) is 30.2 Å². The molecule has 1 heterocycles. The van der Waals surface area contributed by atoms with Crippen molar-refractivity contribution in [3.05, 3.63) is 28.9 Å². The third-order valence-electron chi connectivity index (χ3n) is 2.34. The molecule has 0 spiro atoms. The Labute approximate surface area is 97.9 Å². The average molecular weight is 239 g/mol. The van der Waals surface area contributed by atoms with Crippen molar-refractivity contribution in [1.82, 2.24) is 5.16 Å². The Kier molecular flexibility index (Phi) is 2.75. The normalized spacial score (nSPS) is 10.4. The minimum atomic E-state index is 0.278. The molecule has 0 aliphatic heterocycles. The van der Waals surface area contributed by atoms with Crippen LogP contribution >= 0.6 is 11.6 Å². The van der Waals surface area contributed by atoms with E-state index in [0.29, 0.717) is 10.8 Å². The first kappa shape index (κ1) is 10.8. The molecule has 0 amide bonds. The summed E-state index contributed by atoms with van der Waals surface area (Å²) in [6.45, 7) is 1.91. The molecule has 0 aliphatic rings. The molecule has 1 aromatic carbocycles. The highest BCUT2D eigenvalue weighted by molar-refractivity contribution is 6.32. The van der Waals surface area contributed by atoms with E-state index in [1.807, 2.05) is 13.0 Å². The lowest BCUT2D eigenvalue weighted by Crippen LogP contribution is -1.91. The highest BCUT2D eigenvalue weighted by Gasteiger charge is 2.12. The maximum absolute atomic E-state index is 6.09. The molecule has 2 N–H and O–H groups in total. The molecule has 84 valence electrons. The molecule has 0 aliphatic carbocycles. The number of methoxy groups -OCH3 is 1. The number of hydrogen-bond acceptors (Lipinski definition) is 4. The highest BCUT2D eigenvalue weighted by Crippen LogP contribution is 2.35. The summed E-state index contributed by atoms with van der Waals surface area (Å²) in [5, 5.41) is 4.17. The quantitative estimate of drug-likeness (QED) is 0.874. The van der Waals surface area contributed by atoms with Gasteiger partial charge in [0.05, 0.1) is 23.9 Å². The van der Waals surface area contributed by atoms with Gasteiger partial charge >= 0.3 is 0 Å². The summed E-state index contributed by atoms with van der Waals surface area (Å²) in [5.74, 6) is 0.945. The van der Waals surface area contributed by atoms with Gasteiger partial charge in [0.25, 0.3) is 0 Å². The fourth-order valence-electron chi connectivity index (χ4n) is 1.61. The van der Waals surface area contributed by atoms with Crippen LogP contribution < -0.4 is 10.5 Å². The first-order valence-electron chi connectivity index (χ1n) is 4.68. The summed E-state index contributed by atoms with van der Waals surface area (Å²) >= 11 is 6.09. The van der Waals surface area contributed by atoms with E-state index in [4.69, 9.17) is 26.6 Å². The van der Waals surface area contributed by atoms with Crippen LogP contribution in [0.2, 0.25) is 5.02 Å². The Balaban J connectivity index is 2.57. The predicted octanol–water partition coefficient (Wildman–Crippen LogP) is 2.89. The number of halogens is 1. The highest BCUT2D eigenvalue weighted by atomic mass is 35.5. The Morgan fingerprint density at radius 2 is 2.19 bits per heavy atom. The monoisotopic (exact) mass is 238 g/mol. The molecule has 4 nitrogen and oxygen atoms in total. The number of nitrogens with zero attached hydrogens (tertiary/aromatic N) is 1. The predicted molar refractivity (Wildman–Crippen MR) is 62.7 cm³/mol. The van der Waals surface area contributed by atoms with E-state index < -0.39 is 0 Å². The molecular formula is C11H11ClN2O2. The lowest BCUT2D eigenvalue weighted by atomic mass is 10.1. The standard InChI is InChI=1S/C11H11ClN2O2/c1-6-3-7(4-9(12)10(6)15-2)8-5-14-16-11(8)13/h3-5H,13H2,1-2H3. The van der Waals surface area contributed by atoms with Gasteiger partial charge in [0, 0.05) is 0 Å². The molecule has 0 atom stereocenters. The van der Waals surface area contributed by atoms with Crippen LogP contribution in [0.5, 0.6) is 5.75 Å². The Morgan fingerprint density at radius 3 is 2.69 bits per heavy atom. The van der Waals surface area contributed by atoms with Crippen LogP contribution in [0, 0.1) is 6.92 Å². The Hall–Kier alpha value is -1.68. The molecule has 0 radical (unpaired) electrons. The van der Waals surface area contributed by atoms with Crippen molar-refractivity contribution in [3.63, 3.8) is 0 Å². The molecule has 1 aromatic heterocycles. The van der Waals surface area contributed by atoms with Gasteiger partial charge in [-0.1, -0.05) is 16.8 Å². The topological polar surface area (TPSA) is 61.3 Å². The summed E-state index contributed by atoms with van der Waals surface area (Å²) in [4.78, 5) is 0. The van der Waals surface area contributed by atoms with Crippen LogP contribution in [-0.2, 0) is 0 Å². The van der Waals surface area contributed by atoms with Gasteiger partial charge in [0.2, 0.25) is 5.88 Å². The number of ether oxygens (including phenoxy) is 1. The zero-order valence-corrected chi connectivity index (χ0v) is 9.71. The van der Waals surface area contributed by atoms with Gasteiger partial charge < -0.3 is 15.0 Å². The minimum Gasteiger partial charge on any atom is -0.495 e. The minimum absolute atomic E-state index is 0.278.